The molecule has 1 heterocycles. The number of benzene rings is 2. The predicted octanol–water partition coefficient (Wildman–Crippen LogP) is 4.09. The van der Waals surface area contributed by atoms with E-state index in [0.29, 0.717) is 11.6 Å². The Balaban J connectivity index is 1.86. The first-order valence-corrected chi connectivity index (χ1v) is 6.75. The fraction of sp³-hybridized carbons (Fsp3) is 0. The summed E-state index contributed by atoms with van der Waals surface area (Å²) in [5.74, 6) is 0.115. The number of aromatic nitrogens is 1. The van der Waals surface area contributed by atoms with Crippen LogP contribution in [0, 0.1) is 0 Å². The van der Waals surface area contributed by atoms with Crippen molar-refractivity contribution >= 4 is 24.5 Å². The fourth-order valence-electron chi connectivity index (χ4n) is 1.79. The molecular weight excluding hydrogens is 284 g/mol. The second-order valence-corrected chi connectivity index (χ2v) is 4.87. The van der Waals surface area contributed by atoms with Gasteiger partial charge in [-0.05, 0) is 36.4 Å². The van der Waals surface area contributed by atoms with Crippen LogP contribution in [0.1, 0.15) is 5.69 Å². The zero-order valence-electron chi connectivity index (χ0n) is 11.0. The number of nitrogens with zero attached hydrogens (tertiary/aromatic N) is 2. The highest BCUT2D eigenvalue weighted by atomic mass is 32.1. The molecule has 0 bridgehead atoms. The van der Waals surface area contributed by atoms with Crippen LogP contribution in [0.3, 0.4) is 0 Å². The molecule has 21 heavy (non-hydrogen) atoms. The Morgan fingerprint density at radius 2 is 1.76 bits per heavy atom. The molecule has 0 atom stereocenters. The van der Waals surface area contributed by atoms with E-state index in [4.69, 9.17) is 4.42 Å². The van der Waals surface area contributed by atoms with Crippen molar-refractivity contribution in [2.24, 2.45) is 4.99 Å². The first kappa shape index (κ1) is 13.5. The Kier molecular flexibility index (Phi) is 3.75. The van der Waals surface area contributed by atoms with Crippen LogP contribution in [-0.2, 0) is 0 Å². The van der Waals surface area contributed by atoms with Crippen molar-refractivity contribution in [2.45, 2.75) is 4.90 Å². The standard InChI is InChI=1S/C16H12N2O2S/c19-16-14(10-17-12-6-8-13(21)9-7-12)18-15(20-16)11-4-2-1-3-5-11/h1-10,19,21H. The Hall–Kier alpha value is -2.53. The lowest BCUT2D eigenvalue weighted by molar-refractivity contribution is 0.337. The number of hydrogen-bond donors (Lipinski definition) is 2. The van der Waals surface area contributed by atoms with Gasteiger partial charge in [0.1, 0.15) is 0 Å². The smallest absolute Gasteiger partial charge is 0.312 e. The van der Waals surface area contributed by atoms with Crippen LogP contribution in [0.25, 0.3) is 11.5 Å². The fourth-order valence-corrected chi connectivity index (χ4v) is 1.94. The van der Waals surface area contributed by atoms with E-state index in [1.54, 1.807) is 0 Å². The number of aromatic hydroxyl groups is 1. The molecule has 3 aromatic rings. The molecule has 0 fully saturated rings. The summed E-state index contributed by atoms with van der Waals surface area (Å²) in [6.07, 6.45) is 1.47. The average Bonchev–Trinajstić information content (AvgIpc) is 2.89. The molecule has 5 heteroatoms. The van der Waals surface area contributed by atoms with Gasteiger partial charge in [-0.1, -0.05) is 18.2 Å². The van der Waals surface area contributed by atoms with E-state index in [1.807, 2.05) is 54.6 Å². The van der Waals surface area contributed by atoms with E-state index >= 15 is 0 Å². The van der Waals surface area contributed by atoms with Crippen LogP contribution < -0.4 is 0 Å². The normalized spacial score (nSPS) is 11.1. The monoisotopic (exact) mass is 296 g/mol. The summed E-state index contributed by atoms with van der Waals surface area (Å²) in [7, 11) is 0. The summed E-state index contributed by atoms with van der Waals surface area (Å²) < 4.78 is 5.25. The van der Waals surface area contributed by atoms with Crippen molar-refractivity contribution in [2.75, 3.05) is 0 Å². The lowest BCUT2D eigenvalue weighted by atomic mass is 10.2. The van der Waals surface area contributed by atoms with Crippen molar-refractivity contribution in [3.8, 4) is 17.4 Å². The summed E-state index contributed by atoms with van der Waals surface area (Å²) in [6, 6.07) is 16.7. The Morgan fingerprint density at radius 1 is 1.05 bits per heavy atom. The molecule has 0 aliphatic carbocycles. The maximum atomic E-state index is 9.78. The van der Waals surface area contributed by atoms with Gasteiger partial charge in [0, 0.05) is 10.5 Å². The topological polar surface area (TPSA) is 58.6 Å². The summed E-state index contributed by atoms with van der Waals surface area (Å²) >= 11 is 4.21. The van der Waals surface area contributed by atoms with Crippen LogP contribution in [0.15, 0.2) is 68.9 Å². The van der Waals surface area contributed by atoms with Crippen LogP contribution in [0.4, 0.5) is 5.69 Å². The molecule has 4 nitrogen and oxygen atoms in total. The lowest BCUT2D eigenvalue weighted by Crippen LogP contribution is -1.82. The van der Waals surface area contributed by atoms with Gasteiger partial charge in [-0.3, -0.25) is 4.99 Å². The van der Waals surface area contributed by atoms with E-state index in [-0.39, 0.29) is 5.95 Å². The van der Waals surface area contributed by atoms with Crippen molar-refractivity contribution in [3.05, 3.63) is 60.3 Å². The molecule has 2 aromatic carbocycles. The minimum absolute atomic E-state index is 0.247. The number of thiol groups is 1. The summed E-state index contributed by atoms with van der Waals surface area (Å²) in [4.78, 5) is 9.34. The molecule has 0 spiro atoms. The molecule has 1 N–H and O–H groups in total. The number of hydrogen-bond acceptors (Lipinski definition) is 5. The van der Waals surface area contributed by atoms with Gasteiger partial charge in [0.05, 0.1) is 11.9 Å². The first-order chi connectivity index (χ1) is 10.2. The second kappa shape index (κ2) is 5.85. The van der Waals surface area contributed by atoms with Gasteiger partial charge < -0.3 is 9.52 Å². The maximum Gasteiger partial charge on any atom is 0.312 e. The van der Waals surface area contributed by atoms with Crippen LogP contribution in [0.2, 0.25) is 0 Å². The molecule has 1 aromatic heterocycles. The molecular formula is C16H12N2O2S. The Labute approximate surface area is 127 Å². The third-order valence-corrected chi connectivity index (χ3v) is 3.14. The summed E-state index contributed by atoms with van der Waals surface area (Å²) in [6.45, 7) is 0. The lowest BCUT2D eigenvalue weighted by Gasteiger charge is -1.93. The third-order valence-electron chi connectivity index (χ3n) is 2.84. The van der Waals surface area contributed by atoms with Gasteiger partial charge in [0.25, 0.3) is 0 Å². The van der Waals surface area contributed by atoms with Crippen LogP contribution in [-0.4, -0.2) is 16.3 Å². The van der Waals surface area contributed by atoms with Gasteiger partial charge in [-0.15, -0.1) is 12.6 Å². The van der Waals surface area contributed by atoms with Crippen molar-refractivity contribution in [3.63, 3.8) is 0 Å². The van der Waals surface area contributed by atoms with Crippen LogP contribution in [0.5, 0.6) is 5.95 Å². The van der Waals surface area contributed by atoms with E-state index in [1.165, 1.54) is 6.21 Å². The highest BCUT2D eigenvalue weighted by molar-refractivity contribution is 7.80. The number of oxazole rings is 1. The molecule has 0 aliphatic rings. The molecule has 0 amide bonds. The number of rotatable bonds is 3. The molecule has 0 saturated heterocycles. The van der Waals surface area contributed by atoms with Gasteiger partial charge in [-0.25, -0.2) is 4.98 Å². The van der Waals surface area contributed by atoms with E-state index in [2.05, 4.69) is 22.6 Å². The molecule has 0 saturated carbocycles. The molecule has 3 rings (SSSR count). The third kappa shape index (κ3) is 3.14. The SMILES string of the molecule is Oc1oc(-c2ccccc2)nc1C=Nc1ccc(S)cc1. The Bertz CT molecular complexity index is 765. The minimum Gasteiger partial charge on any atom is -0.479 e. The first-order valence-electron chi connectivity index (χ1n) is 6.31. The molecule has 0 unspecified atom stereocenters. The van der Waals surface area contributed by atoms with E-state index in [9.17, 15) is 5.11 Å². The molecule has 0 radical (unpaired) electrons. The largest absolute Gasteiger partial charge is 0.479 e. The minimum atomic E-state index is -0.247. The van der Waals surface area contributed by atoms with E-state index in [0.717, 1.165) is 16.1 Å². The van der Waals surface area contributed by atoms with Gasteiger partial charge in [-0.2, -0.15) is 0 Å². The van der Waals surface area contributed by atoms with E-state index < -0.39 is 0 Å². The van der Waals surface area contributed by atoms with Crippen molar-refractivity contribution in [1.82, 2.24) is 4.98 Å². The van der Waals surface area contributed by atoms with Gasteiger partial charge in [0.15, 0.2) is 5.69 Å². The highest BCUT2D eigenvalue weighted by Crippen LogP contribution is 2.25. The maximum absolute atomic E-state index is 9.78. The average molecular weight is 296 g/mol. The quantitative estimate of drug-likeness (QED) is 0.565. The van der Waals surface area contributed by atoms with Crippen molar-refractivity contribution < 1.29 is 9.52 Å². The predicted molar refractivity (Wildman–Crippen MR) is 84.6 cm³/mol. The summed E-state index contributed by atoms with van der Waals surface area (Å²) in [5.41, 5.74) is 1.84. The zero-order valence-corrected chi connectivity index (χ0v) is 11.9. The highest BCUT2D eigenvalue weighted by Gasteiger charge is 2.11. The van der Waals surface area contributed by atoms with Gasteiger partial charge in [0.2, 0.25) is 5.89 Å². The van der Waals surface area contributed by atoms with Crippen molar-refractivity contribution in [1.29, 1.82) is 0 Å². The molecule has 104 valence electrons. The molecule has 0 aliphatic heterocycles. The Morgan fingerprint density at radius 3 is 2.48 bits per heavy atom. The summed E-state index contributed by atoms with van der Waals surface area (Å²) in [5, 5.41) is 9.78. The zero-order chi connectivity index (χ0) is 14.7. The van der Waals surface area contributed by atoms with Crippen LogP contribution >= 0.6 is 12.6 Å². The number of aliphatic imine (C=N–C) groups is 1. The van der Waals surface area contributed by atoms with Gasteiger partial charge >= 0.3 is 5.95 Å². The second-order valence-electron chi connectivity index (χ2n) is 4.35.